The Balaban J connectivity index is 2.10. The number of carboxylic acids is 1. The van der Waals surface area contributed by atoms with Gasteiger partial charge in [-0.3, -0.25) is 4.79 Å². The van der Waals surface area contributed by atoms with Crippen molar-refractivity contribution in [3.63, 3.8) is 0 Å². The molecule has 0 fully saturated rings. The van der Waals surface area contributed by atoms with Crippen molar-refractivity contribution in [3.8, 4) is 11.3 Å². The highest BCUT2D eigenvalue weighted by Crippen LogP contribution is 2.19. The van der Waals surface area contributed by atoms with Gasteiger partial charge in [-0.15, -0.1) is 0 Å². The van der Waals surface area contributed by atoms with Gasteiger partial charge < -0.3 is 14.9 Å². The van der Waals surface area contributed by atoms with Crippen molar-refractivity contribution in [1.82, 2.24) is 10.5 Å². The van der Waals surface area contributed by atoms with Gasteiger partial charge >= 0.3 is 5.97 Å². The van der Waals surface area contributed by atoms with Crippen LogP contribution in [0.15, 0.2) is 40.9 Å². The number of hydrogen-bond donors (Lipinski definition) is 2. The number of amides is 1. The molecule has 1 amide bonds. The van der Waals surface area contributed by atoms with Crippen molar-refractivity contribution in [2.45, 2.75) is 25.8 Å². The molecule has 0 spiro atoms. The summed E-state index contributed by atoms with van der Waals surface area (Å²) >= 11 is 0. The van der Waals surface area contributed by atoms with E-state index in [4.69, 9.17) is 9.63 Å². The van der Waals surface area contributed by atoms with E-state index in [-0.39, 0.29) is 5.69 Å². The maximum absolute atomic E-state index is 12.0. The minimum absolute atomic E-state index is 0.0659. The van der Waals surface area contributed by atoms with Gasteiger partial charge in [-0.05, 0) is 6.42 Å². The van der Waals surface area contributed by atoms with E-state index in [0.29, 0.717) is 18.6 Å². The highest BCUT2D eigenvalue weighted by Gasteiger charge is 2.21. The summed E-state index contributed by atoms with van der Waals surface area (Å²) in [7, 11) is 0. The molecule has 1 atom stereocenters. The Bertz CT molecular complexity index is 622. The van der Waals surface area contributed by atoms with Crippen molar-refractivity contribution >= 4 is 11.9 Å². The van der Waals surface area contributed by atoms with Gasteiger partial charge in [0.05, 0.1) is 0 Å². The molecule has 6 nitrogen and oxygen atoms in total. The maximum atomic E-state index is 12.0. The Kier molecular flexibility index (Phi) is 4.71. The SMILES string of the molecule is CCCC(NC(=O)c1cc(-c2ccccc2)on1)C(=O)O. The van der Waals surface area contributed by atoms with Crippen LogP contribution < -0.4 is 5.32 Å². The van der Waals surface area contributed by atoms with Crippen molar-refractivity contribution < 1.29 is 19.2 Å². The molecule has 0 radical (unpaired) electrons. The maximum Gasteiger partial charge on any atom is 0.326 e. The number of hydrogen-bond acceptors (Lipinski definition) is 4. The molecule has 1 heterocycles. The molecule has 2 aromatic rings. The normalized spacial score (nSPS) is 11.9. The second kappa shape index (κ2) is 6.69. The van der Waals surface area contributed by atoms with Gasteiger partial charge in [-0.2, -0.15) is 0 Å². The number of nitrogens with zero attached hydrogens (tertiary/aromatic N) is 1. The van der Waals surface area contributed by atoms with Crippen LogP contribution in [0.4, 0.5) is 0 Å². The van der Waals surface area contributed by atoms with Crippen molar-refractivity contribution in [2.24, 2.45) is 0 Å². The van der Waals surface area contributed by atoms with Crippen LogP contribution in [-0.2, 0) is 4.79 Å². The van der Waals surface area contributed by atoms with E-state index >= 15 is 0 Å². The van der Waals surface area contributed by atoms with E-state index in [1.54, 1.807) is 0 Å². The van der Waals surface area contributed by atoms with Crippen LogP contribution in [0, 0.1) is 0 Å². The van der Waals surface area contributed by atoms with E-state index < -0.39 is 17.9 Å². The molecule has 21 heavy (non-hydrogen) atoms. The molecule has 0 aliphatic rings. The van der Waals surface area contributed by atoms with Crippen molar-refractivity contribution in [1.29, 1.82) is 0 Å². The standard InChI is InChI=1S/C15H16N2O4/c1-2-6-11(15(19)20)16-14(18)12-9-13(21-17-12)10-7-4-3-5-8-10/h3-5,7-9,11H,2,6H2,1H3,(H,16,18)(H,19,20). The van der Waals surface area contributed by atoms with Crippen LogP contribution in [0.1, 0.15) is 30.3 Å². The monoisotopic (exact) mass is 288 g/mol. The number of nitrogens with one attached hydrogen (secondary N) is 1. The molecule has 6 heteroatoms. The van der Waals surface area contributed by atoms with Crippen LogP contribution in [0.3, 0.4) is 0 Å². The van der Waals surface area contributed by atoms with Gasteiger partial charge in [-0.25, -0.2) is 4.79 Å². The second-order valence-electron chi connectivity index (χ2n) is 4.60. The Morgan fingerprint density at radius 2 is 2.05 bits per heavy atom. The average Bonchev–Trinajstić information content (AvgIpc) is 2.97. The minimum atomic E-state index is -1.06. The molecule has 1 aromatic heterocycles. The summed E-state index contributed by atoms with van der Waals surface area (Å²) in [5, 5.41) is 15.1. The first-order chi connectivity index (χ1) is 10.1. The summed E-state index contributed by atoms with van der Waals surface area (Å²) in [5.74, 6) is -1.15. The summed E-state index contributed by atoms with van der Waals surface area (Å²) in [6.07, 6.45) is 1.02. The third-order valence-corrected chi connectivity index (χ3v) is 2.98. The fourth-order valence-corrected chi connectivity index (χ4v) is 1.90. The topological polar surface area (TPSA) is 92.4 Å². The number of rotatable bonds is 6. The van der Waals surface area contributed by atoms with Crippen molar-refractivity contribution in [2.75, 3.05) is 0 Å². The predicted octanol–water partition coefficient (Wildman–Crippen LogP) is 2.32. The molecular weight excluding hydrogens is 272 g/mol. The first-order valence-corrected chi connectivity index (χ1v) is 6.67. The lowest BCUT2D eigenvalue weighted by Gasteiger charge is -2.11. The summed E-state index contributed by atoms with van der Waals surface area (Å²) in [6.45, 7) is 1.85. The highest BCUT2D eigenvalue weighted by molar-refractivity contribution is 5.95. The molecule has 2 N–H and O–H groups in total. The smallest absolute Gasteiger partial charge is 0.326 e. The van der Waals surface area contributed by atoms with Crippen LogP contribution in [0.5, 0.6) is 0 Å². The number of aliphatic carboxylic acids is 1. The molecule has 0 saturated carbocycles. The Morgan fingerprint density at radius 1 is 1.33 bits per heavy atom. The van der Waals surface area contributed by atoms with E-state index in [1.807, 2.05) is 37.3 Å². The summed E-state index contributed by atoms with van der Waals surface area (Å²) < 4.78 is 5.12. The van der Waals surface area contributed by atoms with Gasteiger partial charge in [0.25, 0.3) is 5.91 Å². The molecule has 1 unspecified atom stereocenters. The average molecular weight is 288 g/mol. The fourth-order valence-electron chi connectivity index (χ4n) is 1.90. The quantitative estimate of drug-likeness (QED) is 0.851. The summed E-state index contributed by atoms with van der Waals surface area (Å²) in [4.78, 5) is 23.0. The Hall–Kier alpha value is -2.63. The lowest BCUT2D eigenvalue weighted by Crippen LogP contribution is -2.40. The predicted molar refractivity (Wildman–Crippen MR) is 75.7 cm³/mol. The zero-order chi connectivity index (χ0) is 15.2. The molecule has 0 saturated heterocycles. The van der Waals surface area contributed by atoms with Crippen molar-refractivity contribution in [3.05, 3.63) is 42.1 Å². The fraction of sp³-hybridized carbons (Fsp3) is 0.267. The number of aromatic nitrogens is 1. The Morgan fingerprint density at radius 3 is 2.67 bits per heavy atom. The number of carbonyl (C=O) groups excluding carboxylic acids is 1. The van der Waals surface area contributed by atoms with E-state index in [0.717, 1.165) is 5.56 Å². The van der Waals surface area contributed by atoms with Gasteiger partial charge in [0, 0.05) is 11.6 Å². The zero-order valence-corrected chi connectivity index (χ0v) is 11.6. The zero-order valence-electron chi connectivity index (χ0n) is 11.6. The molecule has 1 aromatic carbocycles. The van der Waals surface area contributed by atoms with E-state index in [1.165, 1.54) is 6.07 Å². The first-order valence-electron chi connectivity index (χ1n) is 6.67. The molecule has 2 rings (SSSR count). The molecule has 0 bridgehead atoms. The number of carboxylic acid groups (broad SMARTS) is 1. The second-order valence-corrected chi connectivity index (χ2v) is 4.60. The number of carbonyl (C=O) groups is 2. The molecule has 0 aliphatic carbocycles. The highest BCUT2D eigenvalue weighted by atomic mass is 16.5. The van der Waals surface area contributed by atoms with E-state index in [2.05, 4.69) is 10.5 Å². The largest absolute Gasteiger partial charge is 0.480 e. The lowest BCUT2D eigenvalue weighted by molar-refractivity contribution is -0.139. The van der Waals surface area contributed by atoms with Gasteiger partial charge in [-0.1, -0.05) is 48.8 Å². The third-order valence-electron chi connectivity index (χ3n) is 2.98. The third kappa shape index (κ3) is 3.68. The van der Waals surface area contributed by atoms with Crippen LogP contribution >= 0.6 is 0 Å². The minimum Gasteiger partial charge on any atom is -0.480 e. The van der Waals surface area contributed by atoms with Crippen LogP contribution in [0.2, 0.25) is 0 Å². The van der Waals surface area contributed by atoms with Gasteiger partial charge in [0.2, 0.25) is 0 Å². The van der Waals surface area contributed by atoms with Crippen LogP contribution in [-0.4, -0.2) is 28.2 Å². The molecule has 0 aliphatic heterocycles. The number of benzene rings is 1. The van der Waals surface area contributed by atoms with Crippen LogP contribution in [0.25, 0.3) is 11.3 Å². The molecular formula is C15H16N2O4. The van der Waals surface area contributed by atoms with Gasteiger partial charge in [0.1, 0.15) is 6.04 Å². The summed E-state index contributed by atoms with van der Waals surface area (Å²) in [5.41, 5.74) is 0.864. The van der Waals surface area contributed by atoms with Gasteiger partial charge in [0.15, 0.2) is 11.5 Å². The Labute approximate surface area is 121 Å². The summed E-state index contributed by atoms with van der Waals surface area (Å²) in [6, 6.07) is 9.81. The van der Waals surface area contributed by atoms with E-state index in [9.17, 15) is 9.59 Å². The molecule has 110 valence electrons. The lowest BCUT2D eigenvalue weighted by atomic mass is 10.1. The first kappa shape index (κ1) is 14.8.